The maximum Gasteiger partial charge on any atom is 0.319 e. The Kier molecular flexibility index (Phi) is 5.91. The minimum atomic E-state index is -3.79. The molecule has 0 bridgehead atoms. The second-order valence-electron chi connectivity index (χ2n) is 4.73. The normalized spacial score (nSPS) is 11.1. The van der Waals surface area contributed by atoms with Gasteiger partial charge in [-0.3, -0.25) is 4.72 Å². The molecule has 9 heteroatoms. The van der Waals surface area contributed by atoms with E-state index in [2.05, 4.69) is 14.7 Å². The Morgan fingerprint density at radius 2 is 1.96 bits per heavy atom. The number of hydrogen-bond donors (Lipinski definition) is 1. The fraction of sp³-hybridized carbons (Fsp3) is 0.333. The smallest absolute Gasteiger partial charge is 0.319 e. The van der Waals surface area contributed by atoms with E-state index >= 15 is 0 Å². The zero-order valence-electron chi connectivity index (χ0n) is 13.3. The Labute approximate surface area is 139 Å². The second-order valence-corrected chi connectivity index (χ2v) is 6.45. The molecule has 0 spiro atoms. The van der Waals surface area contributed by atoms with Crippen molar-refractivity contribution in [1.82, 2.24) is 9.97 Å². The number of ether oxygens (including phenoxy) is 2. The molecule has 0 aliphatic carbocycles. The van der Waals surface area contributed by atoms with Crippen molar-refractivity contribution in [2.75, 3.05) is 17.9 Å². The molecule has 0 radical (unpaired) electrons. The van der Waals surface area contributed by atoms with Crippen molar-refractivity contribution in [2.45, 2.75) is 19.6 Å². The Bertz CT molecular complexity index is 799. The van der Waals surface area contributed by atoms with E-state index in [-0.39, 0.29) is 23.3 Å². The maximum atomic E-state index is 13.2. The van der Waals surface area contributed by atoms with Crippen LogP contribution in [0.5, 0.6) is 11.9 Å². The van der Waals surface area contributed by atoms with Crippen molar-refractivity contribution in [3.8, 4) is 11.9 Å². The lowest BCUT2D eigenvalue weighted by Gasteiger charge is -2.12. The van der Waals surface area contributed by atoms with Crippen LogP contribution in [0.2, 0.25) is 0 Å². The highest BCUT2D eigenvalue weighted by molar-refractivity contribution is 7.91. The lowest BCUT2D eigenvalue weighted by atomic mass is 10.2. The SMILES string of the molecule is CCOc1ncc(NS(=O)(=O)Cc2cccc(F)c2)c(OCC)n1. The molecule has 0 unspecified atom stereocenters. The zero-order valence-corrected chi connectivity index (χ0v) is 14.1. The van der Waals surface area contributed by atoms with E-state index in [9.17, 15) is 12.8 Å². The van der Waals surface area contributed by atoms with Gasteiger partial charge in [0.15, 0.2) is 0 Å². The third-order valence-electron chi connectivity index (χ3n) is 2.80. The minimum Gasteiger partial charge on any atom is -0.476 e. The van der Waals surface area contributed by atoms with Gasteiger partial charge in [0.1, 0.15) is 11.5 Å². The molecule has 0 saturated carbocycles. The lowest BCUT2D eigenvalue weighted by Crippen LogP contribution is -2.17. The van der Waals surface area contributed by atoms with Crippen LogP contribution in [0.15, 0.2) is 30.5 Å². The van der Waals surface area contributed by atoms with Gasteiger partial charge in [-0.2, -0.15) is 4.98 Å². The summed E-state index contributed by atoms with van der Waals surface area (Å²) in [6, 6.07) is 5.48. The predicted molar refractivity (Wildman–Crippen MR) is 87.0 cm³/mol. The topological polar surface area (TPSA) is 90.4 Å². The summed E-state index contributed by atoms with van der Waals surface area (Å²) in [4.78, 5) is 7.93. The van der Waals surface area contributed by atoms with Crippen molar-refractivity contribution in [1.29, 1.82) is 0 Å². The van der Waals surface area contributed by atoms with E-state index in [1.54, 1.807) is 13.8 Å². The predicted octanol–water partition coefficient (Wildman–Crippen LogP) is 2.36. The van der Waals surface area contributed by atoms with Gasteiger partial charge in [-0.15, -0.1) is 0 Å². The first-order valence-corrected chi connectivity index (χ1v) is 8.96. The van der Waals surface area contributed by atoms with Crippen molar-refractivity contribution in [3.63, 3.8) is 0 Å². The van der Waals surface area contributed by atoms with Gasteiger partial charge in [-0.1, -0.05) is 12.1 Å². The van der Waals surface area contributed by atoms with Crippen molar-refractivity contribution in [3.05, 3.63) is 41.8 Å². The van der Waals surface area contributed by atoms with Gasteiger partial charge in [-0.05, 0) is 31.5 Å². The van der Waals surface area contributed by atoms with E-state index in [0.717, 1.165) is 6.07 Å². The van der Waals surface area contributed by atoms with E-state index in [4.69, 9.17) is 9.47 Å². The van der Waals surface area contributed by atoms with Gasteiger partial charge >= 0.3 is 6.01 Å². The third-order valence-corrected chi connectivity index (χ3v) is 4.04. The molecule has 2 aromatic rings. The van der Waals surface area contributed by atoms with Crippen LogP contribution >= 0.6 is 0 Å². The van der Waals surface area contributed by atoms with E-state index in [0.29, 0.717) is 18.8 Å². The van der Waals surface area contributed by atoms with E-state index in [1.165, 1.54) is 24.4 Å². The zero-order chi connectivity index (χ0) is 17.6. The highest BCUT2D eigenvalue weighted by atomic mass is 32.2. The van der Waals surface area contributed by atoms with Gasteiger partial charge in [0.25, 0.3) is 0 Å². The fourth-order valence-corrected chi connectivity index (χ4v) is 3.08. The molecule has 1 aromatic heterocycles. The molecule has 24 heavy (non-hydrogen) atoms. The van der Waals surface area contributed by atoms with Crippen LogP contribution in [0.4, 0.5) is 10.1 Å². The number of anilines is 1. The fourth-order valence-electron chi connectivity index (χ4n) is 1.92. The summed E-state index contributed by atoms with van der Waals surface area (Å²) in [6.45, 7) is 4.18. The first kappa shape index (κ1) is 17.9. The van der Waals surface area contributed by atoms with Crippen molar-refractivity contribution < 1.29 is 22.3 Å². The number of aromatic nitrogens is 2. The van der Waals surface area contributed by atoms with Gasteiger partial charge in [0.05, 0.1) is 25.2 Å². The molecule has 2 rings (SSSR count). The molecular weight excluding hydrogens is 337 g/mol. The Morgan fingerprint density at radius 1 is 1.21 bits per heavy atom. The summed E-state index contributed by atoms with van der Waals surface area (Å²) in [6.07, 6.45) is 1.27. The number of nitrogens with zero attached hydrogens (tertiary/aromatic N) is 2. The van der Waals surface area contributed by atoms with E-state index in [1.807, 2.05) is 0 Å². The number of benzene rings is 1. The first-order valence-electron chi connectivity index (χ1n) is 7.31. The maximum absolute atomic E-state index is 13.2. The Balaban J connectivity index is 2.21. The molecule has 7 nitrogen and oxygen atoms in total. The summed E-state index contributed by atoms with van der Waals surface area (Å²) >= 11 is 0. The summed E-state index contributed by atoms with van der Waals surface area (Å²) in [5.74, 6) is -0.815. The highest BCUT2D eigenvalue weighted by Gasteiger charge is 2.17. The molecule has 0 atom stereocenters. The largest absolute Gasteiger partial charge is 0.476 e. The average molecular weight is 355 g/mol. The third kappa shape index (κ3) is 5.05. The monoisotopic (exact) mass is 355 g/mol. The number of hydrogen-bond acceptors (Lipinski definition) is 6. The van der Waals surface area contributed by atoms with Crippen LogP contribution < -0.4 is 14.2 Å². The second kappa shape index (κ2) is 7.91. The molecule has 1 aromatic carbocycles. The lowest BCUT2D eigenvalue weighted by molar-refractivity contribution is 0.290. The number of halogens is 1. The summed E-state index contributed by atoms with van der Waals surface area (Å²) in [5, 5.41) is 0. The number of rotatable bonds is 8. The molecular formula is C15H18FN3O4S. The molecule has 1 N–H and O–H groups in total. The van der Waals surface area contributed by atoms with Gasteiger partial charge < -0.3 is 9.47 Å². The Hall–Kier alpha value is -2.42. The highest BCUT2D eigenvalue weighted by Crippen LogP contribution is 2.25. The van der Waals surface area contributed by atoms with Crippen LogP contribution in [-0.2, 0) is 15.8 Å². The standard InChI is InChI=1S/C15H18FN3O4S/c1-3-22-14-13(9-17-15(18-14)23-4-2)19-24(20,21)10-11-6-5-7-12(16)8-11/h5-9,19H,3-4,10H2,1-2H3. The van der Waals surface area contributed by atoms with Crippen LogP contribution in [-0.4, -0.2) is 31.6 Å². The quantitative estimate of drug-likeness (QED) is 0.782. The summed E-state index contributed by atoms with van der Waals surface area (Å²) < 4.78 is 50.6. The summed E-state index contributed by atoms with van der Waals surface area (Å²) in [5.41, 5.74) is 0.420. The molecule has 0 saturated heterocycles. The molecule has 0 aliphatic rings. The van der Waals surface area contributed by atoms with E-state index < -0.39 is 15.8 Å². The van der Waals surface area contributed by atoms with Crippen LogP contribution in [0.1, 0.15) is 19.4 Å². The van der Waals surface area contributed by atoms with Crippen molar-refractivity contribution in [2.24, 2.45) is 0 Å². The van der Waals surface area contributed by atoms with Gasteiger partial charge in [-0.25, -0.2) is 17.8 Å². The molecule has 130 valence electrons. The van der Waals surface area contributed by atoms with Gasteiger partial charge in [0.2, 0.25) is 15.9 Å². The van der Waals surface area contributed by atoms with Crippen molar-refractivity contribution >= 4 is 15.7 Å². The first-order chi connectivity index (χ1) is 11.4. The Morgan fingerprint density at radius 3 is 2.62 bits per heavy atom. The molecule has 0 fully saturated rings. The number of nitrogens with one attached hydrogen (secondary N) is 1. The molecule has 0 aliphatic heterocycles. The van der Waals surface area contributed by atoms with Crippen LogP contribution in [0, 0.1) is 5.82 Å². The average Bonchev–Trinajstić information content (AvgIpc) is 2.50. The minimum absolute atomic E-state index is 0.0683. The van der Waals surface area contributed by atoms with Crippen LogP contribution in [0.25, 0.3) is 0 Å². The molecule has 0 amide bonds. The summed E-state index contributed by atoms with van der Waals surface area (Å²) in [7, 11) is -3.79. The number of sulfonamides is 1. The van der Waals surface area contributed by atoms with Gasteiger partial charge in [0, 0.05) is 0 Å². The molecule has 1 heterocycles. The van der Waals surface area contributed by atoms with Crippen LogP contribution in [0.3, 0.4) is 0 Å².